The minimum atomic E-state index is -1.74. The molecule has 1 fully saturated rings. The Hall–Kier alpha value is -7.03. The monoisotopic (exact) mass is 1040 g/mol. The number of aliphatic hydroxyl groups excluding tert-OH is 2. The molecule has 1 heterocycles. The standard InChI is InChI=1S/C47H68N10O15S/c1-23(2)18-30(48)40(64)51-31(15-16-37(49)62)41(65)52-32(19-26-7-11-28(60)12-8-26)42(66)50-24(3)39(63)55-35(22-73)44(68)54-34(21-58)46(70)57-17-5-6-36(57)45(69)53-33(20-27-9-13-29(61)14-10-27)43(67)56-38(25(4)59)47(71)72/h7-14,23-25,30-36,38,58-61,73H,5-6,15-22,48H2,1-4H3,(H2,49,62)(H,50,66)(H,51,64)(H,52,65)(H,53,69)(H,54,68)(H,55,63)(H,56,67)(H,71,72)/t24-,25+,30-,31-,32-,33-,34-,35-,36-,38-/m0/s1. The van der Waals surface area contributed by atoms with E-state index in [-0.39, 0.29) is 74.7 Å². The van der Waals surface area contributed by atoms with Gasteiger partial charge < -0.3 is 79.1 Å². The summed E-state index contributed by atoms with van der Waals surface area (Å²) in [6.45, 7) is 5.11. The zero-order valence-corrected chi connectivity index (χ0v) is 41.8. The Morgan fingerprint density at radius 2 is 1.15 bits per heavy atom. The molecule has 402 valence electrons. The summed E-state index contributed by atoms with van der Waals surface area (Å²) in [6.07, 6.45) is -1.83. The highest BCUT2D eigenvalue weighted by Gasteiger charge is 2.40. The third kappa shape index (κ3) is 19.2. The lowest BCUT2D eigenvalue weighted by Crippen LogP contribution is -2.61. The number of hydrogen-bond donors (Lipinski definition) is 15. The van der Waals surface area contributed by atoms with Crippen molar-refractivity contribution in [2.45, 2.75) is 133 Å². The van der Waals surface area contributed by atoms with Crippen LogP contribution in [0.4, 0.5) is 0 Å². The number of rotatable bonds is 28. The number of primary amides is 1. The fraction of sp³-hybridized carbons (Fsp3) is 0.532. The maximum atomic E-state index is 13.9. The molecule has 0 saturated carbocycles. The minimum Gasteiger partial charge on any atom is -0.508 e. The number of carboxylic acids is 1. The number of nitrogens with one attached hydrogen (secondary N) is 7. The Kier molecular flexibility index (Phi) is 23.8. The van der Waals surface area contributed by atoms with Crippen molar-refractivity contribution in [2.24, 2.45) is 17.4 Å². The number of likely N-dealkylation sites (tertiary alicyclic amines) is 1. The maximum Gasteiger partial charge on any atom is 0.328 e. The van der Waals surface area contributed by atoms with Crippen LogP contribution in [0.2, 0.25) is 0 Å². The van der Waals surface area contributed by atoms with Gasteiger partial charge in [0.2, 0.25) is 53.2 Å². The van der Waals surface area contributed by atoms with Crippen LogP contribution >= 0.6 is 12.6 Å². The summed E-state index contributed by atoms with van der Waals surface area (Å²) in [7, 11) is 0. The van der Waals surface area contributed by atoms with Gasteiger partial charge in [0.25, 0.3) is 0 Å². The molecule has 26 heteroatoms. The van der Waals surface area contributed by atoms with Gasteiger partial charge in [-0.05, 0) is 80.8 Å². The van der Waals surface area contributed by atoms with Gasteiger partial charge in [0.05, 0.1) is 18.8 Å². The molecule has 0 aromatic heterocycles. The van der Waals surface area contributed by atoms with Crippen molar-refractivity contribution in [3.63, 3.8) is 0 Å². The summed E-state index contributed by atoms with van der Waals surface area (Å²) < 4.78 is 0. The Balaban J connectivity index is 1.74. The van der Waals surface area contributed by atoms with Gasteiger partial charge in [-0.1, -0.05) is 38.1 Å². The minimum absolute atomic E-state index is 0.0193. The summed E-state index contributed by atoms with van der Waals surface area (Å²) in [4.78, 5) is 133. The number of nitrogens with zero attached hydrogens (tertiary/aromatic N) is 1. The van der Waals surface area contributed by atoms with Crippen LogP contribution in [0, 0.1) is 5.92 Å². The molecule has 2 aromatic carbocycles. The first-order valence-corrected chi connectivity index (χ1v) is 24.1. The molecular formula is C47H68N10O15S. The molecule has 9 amide bonds. The van der Waals surface area contributed by atoms with Crippen molar-refractivity contribution in [1.29, 1.82) is 0 Å². The number of phenols is 2. The van der Waals surface area contributed by atoms with Gasteiger partial charge in [0.15, 0.2) is 6.04 Å². The highest BCUT2D eigenvalue weighted by Crippen LogP contribution is 2.20. The quantitative estimate of drug-likeness (QED) is 0.0365. The van der Waals surface area contributed by atoms with Crippen LogP contribution in [0.25, 0.3) is 0 Å². The molecule has 3 rings (SSSR count). The summed E-state index contributed by atoms with van der Waals surface area (Å²) >= 11 is 4.17. The zero-order chi connectivity index (χ0) is 54.7. The lowest BCUT2D eigenvalue weighted by molar-refractivity contribution is -0.146. The third-order valence-corrected chi connectivity index (χ3v) is 12.0. The van der Waals surface area contributed by atoms with E-state index in [2.05, 4.69) is 49.8 Å². The zero-order valence-electron chi connectivity index (χ0n) is 40.9. The van der Waals surface area contributed by atoms with Gasteiger partial charge >= 0.3 is 5.97 Å². The number of benzene rings is 2. The number of hydrogen-bond acceptors (Lipinski definition) is 16. The average Bonchev–Trinajstić information content (AvgIpc) is 3.83. The summed E-state index contributed by atoms with van der Waals surface area (Å²) in [5.41, 5.74) is 12.2. The van der Waals surface area contributed by atoms with Gasteiger partial charge in [0.1, 0.15) is 53.8 Å². The molecule has 0 aliphatic carbocycles. The molecule has 0 bridgehead atoms. The lowest BCUT2D eigenvalue weighted by Gasteiger charge is -2.30. The Morgan fingerprint density at radius 1 is 0.671 bits per heavy atom. The van der Waals surface area contributed by atoms with E-state index >= 15 is 0 Å². The predicted octanol–water partition coefficient (Wildman–Crippen LogP) is -3.69. The largest absolute Gasteiger partial charge is 0.508 e. The first-order valence-electron chi connectivity index (χ1n) is 23.5. The van der Waals surface area contributed by atoms with E-state index in [0.29, 0.717) is 11.1 Å². The molecule has 0 spiro atoms. The Labute approximate surface area is 426 Å². The number of nitrogens with two attached hydrogens (primary N) is 2. The molecular weight excluding hydrogens is 977 g/mol. The molecule has 0 unspecified atom stereocenters. The fourth-order valence-corrected chi connectivity index (χ4v) is 7.87. The molecule has 0 radical (unpaired) electrons. The van der Waals surface area contributed by atoms with Crippen LogP contribution in [-0.4, -0.2) is 169 Å². The highest BCUT2D eigenvalue weighted by atomic mass is 32.1. The number of thiol groups is 1. The highest BCUT2D eigenvalue weighted by molar-refractivity contribution is 7.80. The summed E-state index contributed by atoms with van der Waals surface area (Å²) in [6, 6.07) is -1.52. The van der Waals surface area contributed by atoms with E-state index in [9.17, 15) is 73.5 Å². The van der Waals surface area contributed by atoms with Crippen LogP contribution in [0.1, 0.15) is 70.9 Å². The molecule has 10 atom stereocenters. The Morgan fingerprint density at radius 3 is 1.64 bits per heavy atom. The molecule has 25 nitrogen and oxygen atoms in total. The number of amides is 9. The van der Waals surface area contributed by atoms with E-state index in [4.69, 9.17) is 11.5 Å². The van der Waals surface area contributed by atoms with Crippen LogP contribution in [-0.2, 0) is 60.8 Å². The average molecular weight is 1050 g/mol. The molecule has 1 aliphatic rings. The van der Waals surface area contributed by atoms with Crippen LogP contribution in [0.5, 0.6) is 11.5 Å². The van der Waals surface area contributed by atoms with Crippen LogP contribution in [0.3, 0.4) is 0 Å². The van der Waals surface area contributed by atoms with Gasteiger partial charge in [-0.25, -0.2) is 4.79 Å². The first kappa shape index (κ1) is 60.3. The molecule has 1 saturated heterocycles. The third-order valence-electron chi connectivity index (χ3n) is 11.6. The molecule has 2 aromatic rings. The number of aliphatic carboxylic acids is 1. The van der Waals surface area contributed by atoms with E-state index in [1.54, 1.807) is 0 Å². The topological polar surface area (TPSA) is 411 Å². The smallest absolute Gasteiger partial charge is 0.328 e. The van der Waals surface area contributed by atoms with Gasteiger partial charge in [-0.3, -0.25) is 43.2 Å². The van der Waals surface area contributed by atoms with Gasteiger partial charge in [-0.2, -0.15) is 12.6 Å². The van der Waals surface area contributed by atoms with Gasteiger partial charge in [0, 0.05) is 31.6 Å². The van der Waals surface area contributed by atoms with Gasteiger partial charge in [-0.15, -0.1) is 0 Å². The second kappa shape index (κ2) is 28.9. The van der Waals surface area contributed by atoms with Crippen LogP contribution < -0.4 is 48.7 Å². The van der Waals surface area contributed by atoms with Crippen molar-refractivity contribution >= 4 is 71.8 Å². The second-order valence-electron chi connectivity index (χ2n) is 18.1. The Bertz CT molecular complexity index is 2270. The van der Waals surface area contributed by atoms with E-state index < -0.39 is 126 Å². The van der Waals surface area contributed by atoms with Crippen molar-refractivity contribution < 1.29 is 73.5 Å². The SMILES string of the molecule is CC(C)C[C@H](N)C(=O)N[C@@H](CCC(N)=O)C(=O)N[C@@H](Cc1ccc(O)cc1)C(=O)N[C@@H](C)C(=O)N[C@@H](CS)C(=O)N[C@@H](CO)C(=O)N1CCC[C@H]1C(=O)N[C@@H](Cc1ccc(O)cc1)C(=O)N[C@H](C(=O)O)[C@@H](C)O. The van der Waals surface area contributed by atoms with E-state index in [0.717, 1.165) is 11.8 Å². The second-order valence-corrected chi connectivity index (χ2v) is 18.5. The van der Waals surface area contributed by atoms with Crippen LogP contribution in [0.15, 0.2) is 48.5 Å². The van der Waals surface area contributed by atoms with Crippen molar-refractivity contribution in [1.82, 2.24) is 42.1 Å². The van der Waals surface area contributed by atoms with Crippen molar-refractivity contribution in [3.8, 4) is 11.5 Å². The van der Waals surface area contributed by atoms with E-state index in [1.165, 1.54) is 55.5 Å². The number of aliphatic hydroxyl groups is 2. The lowest BCUT2D eigenvalue weighted by atomic mass is 10.0. The fourth-order valence-electron chi connectivity index (χ4n) is 7.62. The summed E-state index contributed by atoms with van der Waals surface area (Å²) in [5, 5.41) is 66.4. The maximum absolute atomic E-state index is 13.9. The predicted molar refractivity (Wildman–Crippen MR) is 264 cm³/mol. The number of aromatic hydroxyl groups is 2. The van der Waals surface area contributed by atoms with Crippen molar-refractivity contribution in [3.05, 3.63) is 59.7 Å². The number of carboxylic acid groups (broad SMARTS) is 1. The molecule has 16 N–H and O–H groups in total. The number of carbonyl (C=O) groups excluding carboxylic acids is 9. The van der Waals surface area contributed by atoms with E-state index in [1.807, 2.05) is 13.8 Å². The summed E-state index contributed by atoms with van der Waals surface area (Å²) in [5.74, 6) is -9.94. The number of phenolic OH excluding ortho intramolecular Hbond substituents is 2. The first-order chi connectivity index (χ1) is 34.3. The molecule has 1 aliphatic heterocycles. The van der Waals surface area contributed by atoms with Crippen molar-refractivity contribution in [2.75, 3.05) is 18.9 Å². The normalized spacial score (nSPS) is 16.9. The number of carbonyl (C=O) groups is 10. The molecule has 73 heavy (non-hydrogen) atoms.